The van der Waals surface area contributed by atoms with Crippen molar-refractivity contribution in [1.29, 1.82) is 0 Å². The minimum atomic E-state index is 0.513. The van der Waals surface area contributed by atoms with Gasteiger partial charge >= 0.3 is 0 Å². The van der Waals surface area contributed by atoms with Gasteiger partial charge in [0.25, 0.3) is 0 Å². The highest BCUT2D eigenvalue weighted by Crippen LogP contribution is 2.31. The van der Waals surface area contributed by atoms with Crippen LogP contribution in [0.25, 0.3) is 0 Å². The molecule has 0 aromatic carbocycles. The Bertz CT molecular complexity index is 271. The predicted molar refractivity (Wildman–Crippen MR) is 51.1 cm³/mol. The first-order chi connectivity index (χ1) is 5.77. The summed E-state index contributed by atoms with van der Waals surface area (Å²) in [6.07, 6.45) is 2.50. The Labute approximate surface area is 76.2 Å². The topological polar surface area (TPSA) is 42.1 Å². The molecule has 0 bridgehead atoms. The van der Waals surface area contributed by atoms with Crippen molar-refractivity contribution in [3.8, 4) is 0 Å². The highest BCUT2D eigenvalue weighted by Gasteiger charge is 2.24. The fourth-order valence-corrected chi connectivity index (χ4v) is 2.35. The number of likely N-dealkylation sites (tertiary alicyclic amines) is 1. The van der Waals surface area contributed by atoms with Gasteiger partial charge in [-0.3, -0.25) is 4.90 Å². The minimum absolute atomic E-state index is 0.513. The van der Waals surface area contributed by atoms with Gasteiger partial charge in [-0.25, -0.2) is 4.98 Å². The van der Waals surface area contributed by atoms with Gasteiger partial charge in [0.05, 0.1) is 11.7 Å². The zero-order valence-electron chi connectivity index (χ0n) is 7.16. The highest BCUT2D eigenvalue weighted by molar-refractivity contribution is 7.13. The summed E-state index contributed by atoms with van der Waals surface area (Å²) in [7, 11) is 2.15. The maximum absolute atomic E-state index is 5.58. The summed E-state index contributed by atoms with van der Waals surface area (Å²) in [6.45, 7) is 1.18. The standard InChI is InChI=1S/C8H13N3S/c1-11-4-2-3-7(11)6-5-12-8(9)10-6/h5,7H,2-4H2,1H3,(H2,9,10). The van der Waals surface area contributed by atoms with Gasteiger partial charge < -0.3 is 5.73 Å². The molecule has 0 spiro atoms. The average molecular weight is 183 g/mol. The number of thiazole rings is 1. The molecule has 2 N–H and O–H groups in total. The largest absolute Gasteiger partial charge is 0.375 e. The van der Waals surface area contributed by atoms with E-state index in [0.29, 0.717) is 11.2 Å². The summed E-state index contributed by atoms with van der Waals surface area (Å²) in [4.78, 5) is 6.64. The summed E-state index contributed by atoms with van der Waals surface area (Å²) >= 11 is 1.53. The van der Waals surface area contributed by atoms with E-state index in [1.54, 1.807) is 0 Å². The molecule has 0 amide bonds. The van der Waals surface area contributed by atoms with E-state index >= 15 is 0 Å². The van der Waals surface area contributed by atoms with E-state index in [4.69, 9.17) is 5.73 Å². The van der Waals surface area contributed by atoms with E-state index in [-0.39, 0.29) is 0 Å². The van der Waals surface area contributed by atoms with Crippen LogP contribution < -0.4 is 5.73 Å². The normalized spacial score (nSPS) is 24.9. The Morgan fingerprint density at radius 2 is 2.58 bits per heavy atom. The summed E-state index contributed by atoms with van der Waals surface area (Å²) in [6, 6.07) is 0.513. The summed E-state index contributed by atoms with van der Waals surface area (Å²) < 4.78 is 0. The lowest BCUT2D eigenvalue weighted by atomic mass is 10.2. The highest BCUT2D eigenvalue weighted by atomic mass is 32.1. The van der Waals surface area contributed by atoms with Crippen molar-refractivity contribution in [1.82, 2.24) is 9.88 Å². The fourth-order valence-electron chi connectivity index (χ4n) is 1.74. The lowest BCUT2D eigenvalue weighted by molar-refractivity contribution is 0.313. The Balaban J connectivity index is 2.19. The molecule has 1 aliphatic heterocycles. The molecule has 1 aromatic rings. The van der Waals surface area contributed by atoms with Crippen LogP contribution in [0.1, 0.15) is 24.6 Å². The first-order valence-electron chi connectivity index (χ1n) is 4.18. The molecule has 1 fully saturated rings. The molecule has 3 nitrogen and oxygen atoms in total. The molecular weight excluding hydrogens is 170 g/mol. The van der Waals surface area contributed by atoms with E-state index < -0.39 is 0 Å². The molecule has 1 aromatic heterocycles. The number of nitrogens with zero attached hydrogens (tertiary/aromatic N) is 2. The van der Waals surface area contributed by atoms with Crippen molar-refractivity contribution in [2.45, 2.75) is 18.9 Å². The van der Waals surface area contributed by atoms with Crippen LogP contribution in [0.2, 0.25) is 0 Å². The first-order valence-corrected chi connectivity index (χ1v) is 5.06. The van der Waals surface area contributed by atoms with Crippen LogP contribution in [0, 0.1) is 0 Å². The molecule has 66 valence electrons. The van der Waals surface area contributed by atoms with Gasteiger partial charge in [0.1, 0.15) is 0 Å². The van der Waals surface area contributed by atoms with E-state index in [0.717, 1.165) is 5.69 Å². The molecule has 1 unspecified atom stereocenters. The van der Waals surface area contributed by atoms with Gasteiger partial charge in [0.15, 0.2) is 5.13 Å². The SMILES string of the molecule is CN1CCCC1c1csc(N)n1. The first kappa shape index (κ1) is 8.01. The Hall–Kier alpha value is -0.610. The van der Waals surface area contributed by atoms with Crippen LogP contribution in [0.3, 0.4) is 0 Å². The number of hydrogen-bond acceptors (Lipinski definition) is 4. The van der Waals surface area contributed by atoms with E-state index in [1.807, 2.05) is 0 Å². The Morgan fingerprint density at radius 3 is 3.08 bits per heavy atom. The van der Waals surface area contributed by atoms with Crippen molar-refractivity contribution in [2.24, 2.45) is 0 Å². The fraction of sp³-hybridized carbons (Fsp3) is 0.625. The van der Waals surface area contributed by atoms with Crippen LogP contribution in [0.5, 0.6) is 0 Å². The Morgan fingerprint density at radius 1 is 1.75 bits per heavy atom. The Kier molecular flexibility index (Phi) is 2.02. The van der Waals surface area contributed by atoms with E-state index in [2.05, 4.69) is 22.3 Å². The van der Waals surface area contributed by atoms with Crippen LogP contribution in [-0.2, 0) is 0 Å². The third-order valence-electron chi connectivity index (χ3n) is 2.40. The van der Waals surface area contributed by atoms with Gasteiger partial charge in [-0.15, -0.1) is 11.3 Å². The third-order valence-corrected chi connectivity index (χ3v) is 3.09. The number of nitrogen functional groups attached to an aromatic ring is 1. The van der Waals surface area contributed by atoms with Crippen LogP contribution >= 0.6 is 11.3 Å². The van der Waals surface area contributed by atoms with Crippen molar-refractivity contribution in [3.05, 3.63) is 11.1 Å². The maximum Gasteiger partial charge on any atom is 0.180 e. The quantitative estimate of drug-likeness (QED) is 0.717. The van der Waals surface area contributed by atoms with Gasteiger partial charge in [-0.05, 0) is 26.4 Å². The van der Waals surface area contributed by atoms with Crippen LogP contribution in [0.15, 0.2) is 5.38 Å². The zero-order valence-corrected chi connectivity index (χ0v) is 7.97. The van der Waals surface area contributed by atoms with Gasteiger partial charge in [-0.1, -0.05) is 0 Å². The molecular formula is C8H13N3S. The molecule has 1 aliphatic rings. The molecule has 12 heavy (non-hydrogen) atoms. The predicted octanol–water partition coefficient (Wildman–Crippen LogP) is 1.49. The number of anilines is 1. The second kappa shape index (κ2) is 3.03. The molecule has 0 aliphatic carbocycles. The second-order valence-corrected chi connectivity index (χ2v) is 4.14. The number of rotatable bonds is 1. The number of hydrogen-bond donors (Lipinski definition) is 1. The maximum atomic E-state index is 5.58. The second-order valence-electron chi connectivity index (χ2n) is 3.25. The van der Waals surface area contributed by atoms with Crippen molar-refractivity contribution < 1.29 is 0 Å². The van der Waals surface area contributed by atoms with Crippen molar-refractivity contribution in [2.75, 3.05) is 19.3 Å². The van der Waals surface area contributed by atoms with Crippen molar-refractivity contribution in [3.63, 3.8) is 0 Å². The van der Waals surface area contributed by atoms with Gasteiger partial charge in [-0.2, -0.15) is 0 Å². The monoisotopic (exact) mass is 183 g/mol. The minimum Gasteiger partial charge on any atom is -0.375 e. The summed E-state index contributed by atoms with van der Waals surface area (Å²) in [5.74, 6) is 0. The number of nitrogens with two attached hydrogens (primary N) is 1. The molecule has 2 rings (SSSR count). The lowest BCUT2D eigenvalue weighted by Crippen LogP contribution is -2.17. The molecule has 1 saturated heterocycles. The van der Waals surface area contributed by atoms with Crippen LogP contribution in [0.4, 0.5) is 5.13 Å². The average Bonchev–Trinajstić information content (AvgIpc) is 2.58. The molecule has 0 saturated carbocycles. The van der Waals surface area contributed by atoms with Crippen molar-refractivity contribution >= 4 is 16.5 Å². The number of aromatic nitrogens is 1. The smallest absolute Gasteiger partial charge is 0.180 e. The van der Waals surface area contributed by atoms with Gasteiger partial charge in [0.2, 0.25) is 0 Å². The summed E-state index contributed by atoms with van der Waals surface area (Å²) in [5.41, 5.74) is 6.73. The summed E-state index contributed by atoms with van der Waals surface area (Å²) in [5, 5.41) is 2.76. The lowest BCUT2D eigenvalue weighted by Gasteiger charge is -2.16. The van der Waals surface area contributed by atoms with E-state index in [1.165, 1.54) is 30.7 Å². The molecule has 0 radical (unpaired) electrons. The van der Waals surface area contributed by atoms with E-state index in [9.17, 15) is 0 Å². The van der Waals surface area contributed by atoms with Crippen LogP contribution in [-0.4, -0.2) is 23.5 Å². The molecule has 4 heteroatoms. The third kappa shape index (κ3) is 1.32. The zero-order chi connectivity index (χ0) is 8.55. The van der Waals surface area contributed by atoms with Gasteiger partial charge in [0, 0.05) is 5.38 Å². The molecule has 1 atom stereocenters. The molecule has 2 heterocycles.